The van der Waals surface area contributed by atoms with Gasteiger partial charge in [0.1, 0.15) is 0 Å². The Labute approximate surface area is 84.1 Å². The minimum absolute atomic E-state index is 0. The van der Waals surface area contributed by atoms with E-state index in [0.717, 1.165) is 11.1 Å². The smallest absolute Gasteiger partial charge is 0.0138 e. The van der Waals surface area contributed by atoms with Gasteiger partial charge in [0.2, 0.25) is 0 Å². The second kappa shape index (κ2) is 5.06. The third-order valence-electron chi connectivity index (χ3n) is 2.03. The Morgan fingerprint density at radius 3 is 1.69 bits per heavy atom. The SMILES string of the molecule is C.C=C(C)/C(C)=C\C(=C)C(C)(C)C. The first-order valence-corrected chi connectivity index (χ1v) is 4.28. The summed E-state index contributed by atoms with van der Waals surface area (Å²) in [6, 6.07) is 0. The van der Waals surface area contributed by atoms with E-state index >= 15 is 0 Å². The maximum absolute atomic E-state index is 4.03. The van der Waals surface area contributed by atoms with Crippen molar-refractivity contribution in [1.82, 2.24) is 0 Å². The molecule has 13 heavy (non-hydrogen) atoms. The third-order valence-corrected chi connectivity index (χ3v) is 2.03. The van der Waals surface area contributed by atoms with E-state index in [0.29, 0.717) is 0 Å². The molecule has 0 saturated carbocycles. The van der Waals surface area contributed by atoms with Crippen LogP contribution in [0.4, 0.5) is 0 Å². The highest BCUT2D eigenvalue weighted by Crippen LogP contribution is 2.26. The molecule has 0 unspecified atom stereocenters. The molecule has 0 saturated heterocycles. The fraction of sp³-hybridized carbons (Fsp3) is 0.538. The maximum Gasteiger partial charge on any atom is -0.0138 e. The highest BCUT2D eigenvalue weighted by molar-refractivity contribution is 5.33. The number of allylic oxidation sites excluding steroid dienone is 4. The van der Waals surface area contributed by atoms with E-state index in [1.54, 1.807) is 0 Å². The quantitative estimate of drug-likeness (QED) is 0.538. The standard InChI is InChI=1S/C12H20.CH4/c1-9(2)10(3)8-11(4)12(5,6)7;/h8H,1,4H2,2-3,5-7H3;1H4/b10-8-;. The largest absolute Gasteiger partial charge is 0.0958 e. The van der Waals surface area contributed by atoms with Gasteiger partial charge in [-0.15, -0.1) is 0 Å². The van der Waals surface area contributed by atoms with Crippen molar-refractivity contribution in [3.8, 4) is 0 Å². The summed E-state index contributed by atoms with van der Waals surface area (Å²) in [5.41, 5.74) is 3.65. The van der Waals surface area contributed by atoms with Gasteiger partial charge >= 0.3 is 0 Å². The molecule has 0 N–H and O–H groups in total. The molecule has 76 valence electrons. The van der Waals surface area contributed by atoms with E-state index < -0.39 is 0 Å². The first kappa shape index (κ1) is 14.7. The van der Waals surface area contributed by atoms with Gasteiger partial charge in [-0.05, 0) is 30.4 Å². The van der Waals surface area contributed by atoms with Crippen molar-refractivity contribution in [2.45, 2.75) is 42.0 Å². The first-order chi connectivity index (χ1) is 5.25. The van der Waals surface area contributed by atoms with Gasteiger partial charge in [-0.2, -0.15) is 0 Å². The zero-order chi connectivity index (χ0) is 9.94. The Kier molecular flexibility index (Phi) is 5.73. The summed E-state index contributed by atoms with van der Waals surface area (Å²) < 4.78 is 0. The fourth-order valence-electron chi connectivity index (χ4n) is 0.601. The summed E-state index contributed by atoms with van der Waals surface area (Å²) in [7, 11) is 0. The highest BCUT2D eigenvalue weighted by Gasteiger charge is 2.12. The summed E-state index contributed by atoms with van der Waals surface area (Å²) in [6.45, 7) is 18.5. The van der Waals surface area contributed by atoms with Crippen molar-refractivity contribution >= 4 is 0 Å². The minimum atomic E-state index is 0. The van der Waals surface area contributed by atoms with Crippen LogP contribution in [0.3, 0.4) is 0 Å². The average Bonchev–Trinajstić information content (AvgIpc) is 1.85. The van der Waals surface area contributed by atoms with Crippen molar-refractivity contribution in [3.05, 3.63) is 36.0 Å². The number of hydrogen-bond donors (Lipinski definition) is 0. The summed E-state index contributed by atoms with van der Waals surface area (Å²) in [5, 5.41) is 0. The monoisotopic (exact) mass is 180 g/mol. The Morgan fingerprint density at radius 1 is 1.08 bits per heavy atom. The van der Waals surface area contributed by atoms with E-state index in [1.165, 1.54) is 5.57 Å². The van der Waals surface area contributed by atoms with Crippen LogP contribution in [0.1, 0.15) is 42.0 Å². The zero-order valence-corrected chi connectivity index (χ0v) is 8.99. The van der Waals surface area contributed by atoms with Gasteiger partial charge in [-0.25, -0.2) is 0 Å². The minimum Gasteiger partial charge on any atom is -0.0958 e. The van der Waals surface area contributed by atoms with Crippen LogP contribution in [0.25, 0.3) is 0 Å². The van der Waals surface area contributed by atoms with Crippen molar-refractivity contribution in [1.29, 1.82) is 0 Å². The molecule has 0 aromatic carbocycles. The van der Waals surface area contributed by atoms with Crippen LogP contribution in [0.5, 0.6) is 0 Å². The molecule has 0 aliphatic heterocycles. The van der Waals surface area contributed by atoms with Crippen LogP contribution in [0.2, 0.25) is 0 Å². The molecule has 0 atom stereocenters. The van der Waals surface area contributed by atoms with Crippen molar-refractivity contribution < 1.29 is 0 Å². The van der Waals surface area contributed by atoms with E-state index in [2.05, 4.69) is 46.9 Å². The summed E-state index contributed by atoms with van der Waals surface area (Å²) in [4.78, 5) is 0. The Hall–Kier alpha value is -0.780. The van der Waals surface area contributed by atoms with Gasteiger partial charge in [0.25, 0.3) is 0 Å². The van der Waals surface area contributed by atoms with E-state index in [-0.39, 0.29) is 12.8 Å². The summed E-state index contributed by atoms with van der Waals surface area (Å²) >= 11 is 0. The molecule has 0 rings (SSSR count). The van der Waals surface area contributed by atoms with E-state index in [4.69, 9.17) is 0 Å². The van der Waals surface area contributed by atoms with Gasteiger partial charge in [0.15, 0.2) is 0 Å². The molecule has 0 aromatic heterocycles. The van der Waals surface area contributed by atoms with Gasteiger partial charge in [0.05, 0.1) is 0 Å². The van der Waals surface area contributed by atoms with Crippen LogP contribution < -0.4 is 0 Å². The molecule has 0 aliphatic carbocycles. The molecular formula is C13H24. The fourth-order valence-corrected chi connectivity index (χ4v) is 0.601. The van der Waals surface area contributed by atoms with Crippen LogP contribution in [-0.4, -0.2) is 0 Å². The molecule has 0 heterocycles. The van der Waals surface area contributed by atoms with Crippen molar-refractivity contribution in [2.75, 3.05) is 0 Å². The molecule has 0 nitrogen and oxygen atoms in total. The number of hydrogen-bond acceptors (Lipinski definition) is 0. The summed E-state index contributed by atoms with van der Waals surface area (Å²) in [5.74, 6) is 0. The van der Waals surface area contributed by atoms with Crippen LogP contribution >= 0.6 is 0 Å². The normalized spacial score (nSPS) is 11.9. The molecule has 0 bridgehead atoms. The van der Waals surface area contributed by atoms with E-state index in [1.807, 2.05) is 6.92 Å². The molecule has 0 radical (unpaired) electrons. The topological polar surface area (TPSA) is 0 Å². The molecule has 0 heteroatoms. The maximum atomic E-state index is 4.03. The second-order valence-electron chi connectivity index (χ2n) is 4.38. The zero-order valence-electron chi connectivity index (χ0n) is 8.99. The molecule has 0 aliphatic rings. The lowest BCUT2D eigenvalue weighted by atomic mass is 9.86. The van der Waals surface area contributed by atoms with Gasteiger partial charge in [0, 0.05) is 0 Å². The molecule has 0 fully saturated rings. The number of rotatable bonds is 2. The molecular weight excluding hydrogens is 156 g/mol. The lowest BCUT2D eigenvalue weighted by Crippen LogP contribution is -2.06. The Balaban J connectivity index is 0. The van der Waals surface area contributed by atoms with Gasteiger partial charge in [-0.3, -0.25) is 0 Å². The Morgan fingerprint density at radius 2 is 1.46 bits per heavy atom. The Bertz CT molecular complexity index is 221. The van der Waals surface area contributed by atoms with Crippen LogP contribution in [-0.2, 0) is 0 Å². The van der Waals surface area contributed by atoms with Crippen molar-refractivity contribution in [2.24, 2.45) is 5.41 Å². The molecule has 0 aromatic rings. The molecule has 0 amide bonds. The predicted molar refractivity (Wildman–Crippen MR) is 63.9 cm³/mol. The van der Waals surface area contributed by atoms with Gasteiger partial charge < -0.3 is 0 Å². The van der Waals surface area contributed by atoms with Crippen molar-refractivity contribution in [3.63, 3.8) is 0 Å². The third kappa shape index (κ3) is 5.46. The van der Waals surface area contributed by atoms with Crippen LogP contribution in [0.15, 0.2) is 36.0 Å². The van der Waals surface area contributed by atoms with Crippen LogP contribution in [0, 0.1) is 5.41 Å². The summed E-state index contributed by atoms with van der Waals surface area (Å²) in [6.07, 6.45) is 2.11. The lowest BCUT2D eigenvalue weighted by molar-refractivity contribution is 0.518. The predicted octanol–water partition coefficient (Wildman–Crippen LogP) is 4.75. The molecule has 0 spiro atoms. The second-order valence-corrected chi connectivity index (χ2v) is 4.38. The lowest BCUT2D eigenvalue weighted by Gasteiger charge is -2.19. The van der Waals surface area contributed by atoms with Gasteiger partial charge in [-0.1, -0.05) is 53.0 Å². The highest BCUT2D eigenvalue weighted by atomic mass is 14.2. The first-order valence-electron chi connectivity index (χ1n) is 4.28. The van der Waals surface area contributed by atoms with E-state index in [9.17, 15) is 0 Å². The average molecular weight is 180 g/mol.